The number of rotatable bonds is 8. The maximum absolute atomic E-state index is 12.4. The molecular formula is C20H26N4O5S2. The number of non-ortho nitro benzene ring substituents is 1. The number of fused-ring (bicyclic) bond motifs is 1. The summed E-state index contributed by atoms with van der Waals surface area (Å²) in [6, 6.07) is 4.59. The van der Waals surface area contributed by atoms with E-state index in [0.717, 1.165) is 44.3 Å². The zero-order valence-corrected chi connectivity index (χ0v) is 19.1. The maximum Gasteiger partial charge on any atom is 0.270 e. The molecule has 0 unspecified atom stereocenters. The summed E-state index contributed by atoms with van der Waals surface area (Å²) in [6.07, 6.45) is 4.40. The largest absolute Gasteiger partial charge is 0.383 e. The summed E-state index contributed by atoms with van der Waals surface area (Å²) in [5, 5.41) is 11.1. The fourth-order valence-corrected chi connectivity index (χ4v) is 5.24. The summed E-state index contributed by atoms with van der Waals surface area (Å²) in [5.74, 6) is 0.117. The zero-order valence-electron chi connectivity index (χ0n) is 17.4. The van der Waals surface area contributed by atoms with Gasteiger partial charge >= 0.3 is 0 Å². The molecule has 2 heterocycles. The molecule has 31 heavy (non-hydrogen) atoms. The highest BCUT2D eigenvalue weighted by molar-refractivity contribution is 8.00. The molecule has 0 radical (unpaired) electrons. The van der Waals surface area contributed by atoms with Crippen molar-refractivity contribution < 1.29 is 19.2 Å². The van der Waals surface area contributed by atoms with Gasteiger partial charge in [0.25, 0.3) is 11.6 Å². The van der Waals surface area contributed by atoms with E-state index >= 15 is 0 Å². The second kappa shape index (κ2) is 11.4. The zero-order chi connectivity index (χ0) is 22.2. The van der Waals surface area contributed by atoms with E-state index in [-0.39, 0.29) is 29.0 Å². The Kier molecular flexibility index (Phi) is 8.61. The number of hydrogen-bond donors (Lipinski definition) is 0. The van der Waals surface area contributed by atoms with Gasteiger partial charge < -0.3 is 14.2 Å². The van der Waals surface area contributed by atoms with Gasteiger partial charge in [-0.1, -0.05) is 24.2 Å². The molecule has 3 rings (SSSR count). The molecule has 0 bridgehead atoms. The first kappa shape index (κ1) is 23.4. The number of likely N-dealkylation sites (tertiary alicyclic amines) is 1. The molecule has 2 aromatic rings. The van der Waals surface area contributed by atoms with Gasteiger partial charge in [-0.05, 0) is 18.9 Å². The lowest BCUT2D eigenvalue weighted by Gasteiger charge is -2.19. The van der Waals surface area contributed by atoms with Crippen molar-refractivity contribution in [1.29, 1.82) is 0 Å². The van der Waals surface area contributed by atoms with Gasteiger partial charge in [0.15, 0.2) is 4.80 Å². The van der Waals surface area contributed by atoms with Crippen LogP contribution in [0.4, 0.5) is 5.69 Å². The Hall–Kier alpha value is -2.24. The molecule has 1 aromatic heterocycles. The highest BCUT2D eigenvalue weighted by Crippen LogP contribution is 2.23. The Morgan fingerprint density at radius 3 is 2.65 bits per heavy atom. The van der Waals surface area contributed by atoms with Crippen molar-refractivity contribution >= 4 is 50.8 Å². The number of thiazole rings is 1. The van der Waals surface area contributed by atoms with E-state index in [1.165, 1.54) is 35.2 Å². The van der Waals surface area contributed by atoms with Gasteiger partial charge in [0, 0.05) is 38.9 Å². The van der Waals surface area contributed by atoms with Crippen LogP contribution in [0.15, 0.2) is 23.2 Å². The molecule has 0 spiro atoms. The summed E-state index contributed by atoms with van der Waals surface area (Å²) in [4.78, 5) is 42.0. The Morgan fingerprint density at radius 2 is 1.97 bits per heavy atom. The lowest BCUT2D eigenvalue weighted by atomic mass is 10.2. The number of aromatic nitrogens is 1. The topological polar surface area (TPSA) is 107 Å². The maximum atomic E-state index is 12.4. The van der Waals surface area contributed by atoms with Gasteiger partial charge in [-0.2, -0.15) is 4.99 Å². The molecule has 9 nitrogen and oxygen atoms in total. The van der Waals surface area contributed by atoms with Crippen molar-refractivity contribution in [1.82, 2.24) is 9.47 Å². The van der Waals surface area contributed by atoms with Gasteiger partial charge in [-0.3, -0.25) is 19.7 Å². The van der Waals surface area contributed by atoms with Crippen LogP contribution in [-0.4, -0.2) is 64.5 Å². The van der Waals surface area contributed by atoms with E-state index in [2.05, 4.69) is 4.99 Å². The van der Waals surface area contributed by atoms with Crippen LogP contribution in [-0.2, 0) is 20.9 Å². The number of nitro benzene ring substituents is 1. The molecule has 0 aliphatic carbocycles. The molecule has 0 atom stereocenters. The van der Waals surface area contributed by atoms with Crippen molar-refractivity contribution in [2.75, 3.05) is 38.3 Å². The van der Waals surface area contributed by atoms with E-state index in [4.69, 9.17) is 4.74 Å². The molecule has 1 aliphatic heterocycles. The first-order chi connectivity index (χ1) is 15.0. The number of thioether (sulfide) groups is 1. The number of hydrogen-bond acceptors (Lipinski definition) is 7. The van der Waals surface area contributed by atoms with Crippen LogP contribution in [0.2, 0.25) is 0 Å². The van der Waals surface area contributed by atoms with Crippen LogP contribution in [0.5, 0.6) is 0 Å². The van der Waals surface area contributed by atoms with Crippen molar-refractivity contribution in [3.63, 3.8) is 0 Å². The van der Waals surface area contributed by atoms with Gasteiger partial charge in [-0.15, -0.1) is 11.8 Å². The molecule has 1 fully saturated rings. The number of carbonyl (C=O) groups is 2. The number of carbonyl (C=O) groups excluding carboxylic acids is 2. The Morgan fingerprint density at radius 1 is 1.23 bits per heavy atom. The van der Waals surface area contributed by atoms with Crippen molar-refractivity contribution in [2.24, 2.45) is 4.99 Å². The Balaban J connectivity index is 1.70. The van der Waals surface area contributed by atoms with E-state index < -0.39 is 4.92 Å². The van der Waals surface area contributed by atoms with Crippen LogP contribution in [0.1, 0.15) is 25.7 Å². The smallest absolute Gasteiger partial charge is 0.270 e. The van der Waals surface area contributed by atoms with Crippen LogP contribution in [0.25, 0.3) is 10.2 Å². The molecule has 11 heteroatoms. The average Bonchev–Trinajstić information content (AvgIpc) is 2.91. The van der Waals surface area contributed by atoms with Gasteiger partial charge in [0.2, 0.25) is 5.91 Å². The summed E-state index contributed by atoms with van der Waals surface area (Å²) < 4.78 is 7.66. The number of nitro groups is 1. The number of benzene rings is 1. The minimum atomic E-state index is -0.446. The molecular weight excluding hydrogens is 440 g/mol. The highest BCUT2D eigenvalue weighted by Gasteiger charge is 2.16. The van der Waals surface area contributed by atoms with E-state index in [9.17, 15) is 19.7 Å². The fourth-order valence-electron chi connectivity index (χ4n) is 3.44. The number of methoxy groups -OCH3 is 1. The van der Waals surface area contributed by atoms with E-state index in [0.29, 0.717) is 22.7 Å². The fraction of sp³-hybridized carbons (Fsp3) is 0.550. The number of amides is 2. The van der Waals surface area contributed by atoms with Crippen molar-refractivity contribution in [2.45, 2.75) is 32.2 Å². The standard InChI is InChI=1S/C20H26N4O5S2/c1-29-11-10-23-16-7-6-15(24(27)28)12-17(16)31-20(23)21-18(25)13-30-14-19(26)22-8-4-2-3-5-9-22/h6-7,12H,2-5,8-11,13-14H2,1H3. The molecule has 0 N–H and O–H groups in total. The van der Waals surface area contributed by atoms with Crippen molar-refractivity contribution in [3.05, 3.63) is 33.1 Å². The first-order valence-electron chi connectivity index (χ1n) is 10.2. The normalized spacial score (nSPS) is 15.3. The predicted octanol–water partition coefficient (Wildman–Crippen LogP) is 2.82. The molecule has 0 saturated carbocycles. The van der Waals surface area contributed by atoms with Crippen LogP contribution in [0.3, 0.4) is 0 Å². The summed E-state index contributed by atoms with van der Waals surface area (Å²) in [5.41, 5.74) is 0.760. The van der Waals surface area contributed by atoms with Gasteiger partial charge in [0.05, 0.1) is 33.3 Å². The second-order valence-corrected chi connectivity index (χ2v) is 9.23. The Labute approximate surface area is 188 Å². The van der Waals surface area contributed by atoms with Crippen LogP contribution < -0.4 is 4.80 Å². The number of nitrogens with zero attached hydrogens (tertiary/aromatic N) is 4. The third-order valence-electron chi connectivity index (χ3n) is 5.03. The third-order valence-corrected chi connectivity index (χ3v) is 6.97. The average molecular weight is 467 g/mol. The first-order valence-corrected chi connectivity index (χ1v) is 12.2. The molecule has 168 valence electrons. The lowest BCUT2D eigenvalue weighted by Crippen LogP contribution is -2.33. The molecule has 1 saturated heterocycles. The predicted molar refractivity (Wildman–Crippen MR) is 121 cm³/mol. The monoisotopic (exact) mass is 466 g/mol. The van der Waals surface area contributed by atoms with E-state index in [1.807, 2.05) is 9.47 Å². The summed E-state index contributed by atoms with van der Waals surface area (Å²) in [6.45, 7) is 2.49. The minimum Gasteiger partial charge on any atom is -0.383 e. The highest BCUT2D eigenvalue weighted by atomic mass is 32.2. The summed E-state index contributed by atoms with van der Waals surface area (Å²) >= 11 is 2.50. The molecule has 1 aromatic carbocycles. The third kappa shape index (κ3) is 6.37. The minimum absolute atomic E-state index is 0.00639. The molecule has 1 aliphatic rings. The van der Waals surface area contributed by atoms with Crippen LogP contribution in [0, 0.1) is 10.1 Å². The Bertz CT molecular complexity index is 1010. The van der Waals surface area contributed by atoms with Gasteiger partial charge in [-0.25, -0.2) is 0 Å². The van der Waals surface area contributed by atoms with Gasteiger partial charge in [0.1, 0.15) is 0 Å². The van der Waals surface area contributed by atoms with E-state index in [1.54, 1.807) is 13.2 Å². The second-order valence-electron chi connectivity index (χ2n) is 7.23. The summed E-state index contributed by atoms with van der Waals surface area (Å²) in [7, 11) is 1.58. The number of ether oxygens (including phenoxy) is 1. The SMILES string of the molecule is COCCn1c(=NC(=O)CSCC(=O)N2CCCCCC2)sc2cc([N+](=O)[O-])ccc21. The van der Waals surface area contributed by atoms with Crippen LogP contribution >= 0.6 is 23.1 Å². The molecule has 2 amide bonds. The van der Waals surface area contributed by atoms with Crippen molar-refractivity contribution in [3.8, 4) is 0 Å². The quantitative estimate of drug-likeness (QED) is 0.437. The lowest BCUT2D eigenvalue weighted by molar-refractivity contribution is -0.384.